The Hall–Kier alpha value is -2.16. The van der Waals surface area contributed by atoms with E-state index in [1.54, 1.807) is 41.5 Å². The van der Waals surface area contributed by atoms with Crippen LogP contribution in [0.15, 0.2) is 28.1 Å². The molecule has 26 heavy (non-hydrogen) atoms. The fourth-order valence-corrected chi connectivity index (χ4v) is 3.68. The van der Waals surface area contributed by atoms with Crippen LogP contribution in [0.25, 0.3) is 0 Å². The molecule has 1 fully saturated rings. The number of carbonyl (C=O) groups is 2. The zero-order valence-electron chi connectivity index (χ0n) is 16.4. The Labute approximate surface area is 154 Å². The average molecular weight is 386 g/mol. The standard InChI is InChI=1S/C17H26N2O6S/c1-10(2)13(16(21)25-17(4,5)6)19-14(20)12(9-11(3)18-24-7)15(19)26(8,22)23/h9,15H,1-8H3/b12-9-,18-11+/t15-/m1/s1. The molecule has 0 N–H and O–H groups in total. The van der Waals surface area contributed by atoms with Crippen LogP contribution in [0, 0.1) is 0 Å². The van der Waals surface area contributed by atoms with E-state index in [0.29, 0.717) is 11.3 Å². The summed E-state index contributed by atoms with van der Waals surface area (Å²) in [5.74, 6) is -1.34. The zero-order valence-corrected chi connectivity index (χ0v) is 17.2. The molecule has 9 heteroatoms. The lowest BCUT2D eigenvalue weighted by atomic mass is 10.0. The number of allylic oxidation sites excluding steroid dienone is 2. The number of rotatable bonds is 5. The molecule has 0 aromatic carbocycles. The van der Waals surface area contributed by atoms with Gasteiger partial charge in [-0.25, -0.2) is 13.2 Å². The molecule has 1 saturated heterocycles. The highest BCUT2D eigenvalue weighted by molar-refractivity contribution is 7.91. The number of esters is 1. The highest BCUT2D eigenvalue weighted by Gasteiger charge is 2.52. The molecular weight excluding hydrogens is 360 g/mol. The number of oxime groups is 1. The number of likely N-dealkylation sites (tertiary alicyclic amines) is 1. The minimum atomic E-state index is -3.71. The van der Waals surface area contributed by atoms with Crippen LogP contribution in [0.2, 0.25) is 0 Å². The first kappa shape index (κ1) is 21.9. The molecule has 0 unspecified atom stereocenters. The number of carbonyl (C=O) groups excluding carboxylic acids is 2. The number of amides is 1. The van der Waals surface area contributed by atoms with Crippen LogP contribution in [0.4, 0.5) is 0 Å². The molecule has 1 aliphatic rings. The third-order valence-corrected chi connectivity index (χ3v) is 4.55. The van der Waals surface area contributed by atoms with Gasteiger partial charge in [0.05, 0.1) is 11.3 Å². The van der Waals surface area contributed by atoms with Crippen molar-refractivity contribution >= 4 is 27.4 Å². The lowest BCUT2D eigenvalue weighted by Crippen LogP contribution is -2.59. The van der Waals surface area contributed by atoms with E-state index in [4.69, 9.17) is 4.74 Å². The predicted octanol–water partition coefficient (Wildman–Crippen LogP) is 1.78. The maximum absolute atomic E-state index is 12.6. The first-order chi connectivity index (χ1) is 11.7. The molecule has 8 nitrogen and oxygen atoms in total. The number of hydrogen-bond acceptors (Lipinski definition) is 7. The summed E-state index contributed by atoms with van der Waals surface area (Å²) in [6.45, 7) is 9.87. The highest BCUT2D eigenvalue weighted by atomic mass is 32.2. The van der Waals surface area contributed by atoms with Crippen LogP contribution in [0.3, 0.4) is 0 Å². The van der Waals surface area contributed by atoms with Crippen LogP contribution >= 0.6 is 0 Å². The molecule has 0 aliphatic carbocycles. The first-order valence-corrected chi connectivity index (χ1v) is 9.88. The molecule has 0 radical (unpaired) electrons. The second kappa shape index (κ2) is 7.61. The topological polar surface area (TPSA) is 102 Å². The van der Waals surface area contributed by atoms with Gasteiger partial charge in [-0.1, -0.05) is 5.16 Å². The molecule has 146 valence electrons. The van der Waals surface area contributed by atoms with E-state index in [2.05, 4.69) is 9.99 Å². The summed E-state index contributed by atoms with van der Waals surface area (Å²) < 4.78 is 29.9. The van der Waals surface area contributed by atoms with E-state index >= 15 is 0 Å². The molecular formula is C17H26N2O6S. The second-order valence-corrected chi connectivity index (χ2v) is 9.33. The van der Waals surface area contributed by atoms with Crippen molar-refractivity contribution < 1.29 is 27.6 Å². The van der Waals surface area contributed by atoms with Gasteiger partial charge in [0.25, 0.3) is 5.91 Å². The summed E-state index contributed by atoms with van der Waals surface area (Å²) in [6.07, 6.45) is 2.34. The number of β-lactam (4-membered cyclic amide) rings is 1. The fourth-order valence-electron chi connectivity index (χ4n) is 2.46. The normalized spacial score (nSPS) is 19.9. The van der Waals surface area contributed by atoms with Gasteiger partial charge >= 0.3 is 5.97 Å². The van der Waals surface area contributed by atoms with Crippen molar-refractivity contribution in [2.24, 2.45) is 5.16 Å². The Balaban J connectivity index is 3.42. The third kappa shape index (κ3) is 4.94. The van der Waals surface area contributed by atoms with E-state index in [0.717, 1.165) is 11.2 Å². The summed E-state index contributed by atoms with van der Waals surface area (Å²) in [5, 5.41) is 2.37. The lowest BCUT2D eigenvalue weighted by Gasteiger charge is -2.42. The van der Waals surface area contributed by atoms with Crippen LogP contribution in [-0.4, -0.2) is 55.2 Å². The molecule has 0 aromatic heterocycles. The monoisotopic (exact) mass is 386 g/mol. The van der Waals surface area contributed by atoms with Crippen LogP contribution in [0.1, 0.15) is 41.5 Å². The number of ether oxygens (including phenoxy) is 1. The number of sulfone groups is 1. The molecule has 0 aromatic rings. The van der Waals surface area contributed by atoms with Crippen molar-refractivity contribution in [3.63, 3.8) is 0 Å². The van der Waals surface area contributed by atoms with E-state index in [1.807, 2.05) is 0 Å². The minimum Gasteiger partial charge on any atom is -0.455 e. The summed E-state index contributed by atoms with van der Waals surface area (Å²) in [6, 6.07) is 0. The van der Waals surface area contributed by atoms with Crippen molar-refractivity contribution in [3.05, 3.63) is 22.9 Å². The smallest absolute Gasteiger partial charge is 0.355 e. The van der Waals surface area contributed by atoms with Gasteiger partial charge in [0.2, 0.25) is 0 Å². The maximum atomic E-state index is 12.6. The summed E-state index contributed by atoms with van der Waals surface area (Å²) in [5.41, 5.74) is -0.0261. The van der Waals surface area contributed by atoms with E-state index in [-0.39, 0.29) is 11.3 Å². The maximum Gasteiger partial charge on any atom is 0.355 e. The highest BCUT2D eigenvalue weighted by Crippen LogP contribution is 2.36. The summed E-state index contributed by atoms with van der Waals surface area (Å²) in [7, 11) is -2.37. The van der Waals surface area contributed by atoms with E-state index in [1.165, 1.54) is 13.2 Å². The molecule has 0 bridgehead atoms. The van der Waals surface area contributed by atoms with Crippen molar-refractivity contribution in [3.8, 4) is 0 Å². The molecule has 1 atom stereocenters. The van der Waals surface area contributed by atoms with E-state index < -0.39 is 32.7 Å². The Morgan fingerprint density at radius 1 is 1.23 bits per heavy atom. The Morgan fingerprint density at radius 2 is 1.77 bits per heavy atom. The van der Waals surface area contributed by atoms with E-state index in [9.17, 15) is 18.0 Å². The van der Waals surface area contributed by atoms with Crippen LogP contribution < -0.4 is 0 Å². The average Bonchev–Trinajstić information content (AvgIpc) is 2.41. The molecule has 1 amide bonds. The van der Waals surface area contributed by atoms with Crippen molar-refractivity contribution in [1.29, 1.82) is 0 Å². The first-order valence-electron chi connectivity index (χ1n) is 7.93. The molecule has 0 spiro atoms. The van der Waals surface area contributed by atoms with Gasteiger partial charge in [0, 0.05) is 6.26 Å². The van der Waals surface area contributed by atoms with Crippen molar-refractivity contribution in [1.82, 2.24) is 4.90 Å². The van der Waals surface area contributed by atoms with Gasteiger partial charge in [0.15, 0.2) is 15.2 Å². The zero-order chi connectivity index (χ0) is 20.4. The number of nitrogens with zero attached hydrogens (tertiary/aromatic N) is 2. The summed E-state index contributed by atoms with van der Waals surface area (Å²) in [4.78, 5) is 30.8. The molecule has 0 saturated carbocycles. The molecule has 1 rings (SSSR count). The van der Waals surface area contributed by atoms with Crippen LogP contribution in [0.5, 0.6) is 0 Å². The second-order valence-electron chi connectivity index (χ2n) is 7.22. The SMILES string of the molecule is CO/N=C(C)/C=C1/C(=O)N(C(C(=O)OC(C)(C)C)=C(C)C)[C@@H]1S(C)(=O)=O. The molecule has 1 aliphatic heterocycles. The summed E-state index contributed by atoms with van der Waals surface area (Å²) >= 11 is 0. The number of hydrogen-bond donors (Lipinski definition) is 0. The van der Waals surface area contributed by atoms with Crippen LogP contribution in [-0.2, 0) is 29.0 Å². The molecule has 1 heterocycles. The van der Waals surface area contributed by atoms with Crippen molar-refractivity contribution in [2.45, 2.75) is 52.5 Å². The lowest BCUT2D eigenvalue weighted by molar-refractivity contribution is -0.155. The van der Waals surface area contributed by atoms with Gasteiger partial charge in [-0.2, -0.15) is 0 Å². The van der Waals surface area contributed by atoms with Gasteiger partial charge in [-0.05, 0) is 53.2 Å². The Kier molecular flexibility index (Phi) is 6.40. The fraction of sp³-hybridized carbons (Fsp3) is 0.588. The largest absolute Gasteiger partial charge is 0.455 e. The quantitative estimate of drug-likeness (QED) is 0.235. The minimum absolute atomic E-state index is 0.0214. The Bertz CT molecular complexity index is 796. The Morgan fingerprint density at radius 3 is 2.15 bits per heavy atom. The van der Waals surface area contributed by atoms with Gasteiger partial charge in [-0.3, -0.25) is 9.69 Å². The van der Waals surface area contributed by atoms with Gasteiger partial charge in [0.1, 0.15) is 18.4 Å². The van der Waals surface area contributed by atoms with Crippen molar-refractivity contribution in [2.75, 3.05) is 13.4 Å². The third-order valence-electron chi connectivity index (χ3n) is 3.28. The predicted molar refractivity (Wildman–Crippen MR) is 97.9 cm³/mol. The van der Waals surface area contributed by atoms with Gasteiger partial charge in [-0.15, -0.1) is 0 Å². The van der Waals surface area contributed by atoms with Gasteiger partial charge < -0.3 is 9.57 Å².